The van der Waals surface area contributed by atoms with Crippen LogP contribution in [-0.2, 0) is 6.54 Å². The van der Waals surface area contributed by atoms with E-state index in [-0.39, 0.29) is 11.3 Å². The van der Waals surface area contributed by atoms with Gasteiger partial charge >= 0.3 is 5.97 Å². The number of hydrogen-bond donors (Lipinski definition) is 1. The number of benzene rings is 4. The van der Waals surface area contributed by atoms with E-state index in [1.54, 1.807) is 4.57 Å². The van der Waals surface area contributed by atoms with E-state index in [9.17, 15) is 15.2 Å². The molecule has 1 heterocycles. The molecule has 5 heteroatoms. The third-order valence-electron chi connectivity index (χ3n) is 6.37. The minimum absolute atomic E-state index is 0.0219. The molecule has 1 aromatic heterocycles. The Kier molecular flexibility index (Phi) is 5.95. The van der Waals surface area contributed by atoms with Crippen molar-refractivity contribution < 1.29 is 14.6 Å². The molecule has 0 radical (unpaired) electrons. The van der Waals surface area contributed by atoms with E-state index in [0.717, 1.165) is 38.7 Å². The molecule has 5 aromatic rings. The molecular weight excluding hydrogens is 436 g/mol. The maximum Gasteiger partial charge on any atom is 0.353 e. The van der Waals surface area contributed by atoms with Crippen molar-refractivity contribution in [3.63, 3.8) is 0 Å². The molecule has 0 fully saturated rings. The quantitative estimate of drug-likeness (QED) is 0.271. The van der Waals surface area contributed by atoms with Gasteiger partial charge < -0.3 is 14.4 Å². The topological polar surface area (TPSA) is 75.3 Å². The number of hydrogen-bond acceptors (Lipinski definition) is 3. The van der Waals surface area contributed by atoms with Crippen molar-refractivity contribution in [1.29, 1.82) is 5.26 Å². The van der Waals surface area contributed by atoms with E-state index in [0.29, 0.717) is 25.0 Å². The number of aromatic nitrogens is 1. The maximum absolute atomic E-state index is 12.3. The van der Waals surface area contributed by atoms with Crippen LogP contribution in [0.25, 0.3) is 32.8 Å². The summed E-state index contributed by atoms with van der Waals surface area (Å²) in [6, 6.07) is 29.9. The lowest BCUT2D eigenvalue weighted by Gasteiger charge is -2.12. The van der Waals surface area contributed by atoms with Gasteiger partial charge in [0.15, 0.2) is 0 Å². The van der Waals surface area contributed by atoms with E-state index in [2.05, 4.69) is 6.07 Å². The lowest BCUT2D eigenvalue weighted by atomic mass is 9.95. The van der Waals surface area contributed by atoms with Crippen LogP contribution in [0.4, 0.5) is 0 Å². The van der Waals surface area contributed by atoms with Crippen molar-refractivity contribution in [1.82, 2.24) is 4.57 Å². The number of carboxylic acid groups (broad SMARTS) is 1. The Balaban J connectivity index is 1.50. The standard InChI is InChI=1S/C30H24N2O3/c1-20-9-2-4-12-22(20)24-14-7-15-26-28(24)25(19-31)29(30(33)34)32(26)17-8-18-35-27-16-6-11-21-10-3-5-13-23(21)27/h2-7,9-16H,8,17-18H2,1H3,(H,33,34). The SMILES string of the molecule is Cc1ccccc1-c1cccc2c1c(C#N)c(C(=O)O)n2CCCOc1cccc2ccccc12. The van der Waals surface area contributed by atoms with Gasteiger partial charge in [-0.05, 0) is 47.6 Å². The molecule has 1 N–H and O–H groups in total. The number of nitriles is 1. The molecule has 0 atom stereocenters. The third-order valence-corrected chi connectivity index (χ3v) is 6.37. The Morgan fingerprint density at radius 2 is 1.66 bits per heavy atom. The zero-order valence-electron chi connectivity index (χ0n) is 19.4. The van der Waals surface area contributed by atoms with Crippen molar-refractivity contribution in [2.75, 3.05) is 6.61 Å². The lowest BCUT2D eigenvalue weighted by Crippen LogP contribution is -2.12. The van der Waals surface area contributed by atoms with E-state index in [1.807, 2.05) is 91.9 Å². The highest BCUT2D eigenvalue weighted by Gasteiger charge is 2.24. The molecule has 4 aromatic carbocycles. The first-order chi connectivity index (χ1) is 17.1. The number of aromatic carboxylic acids is 1. The van der Waals surface area contributed by atoms with E-state index < -0.39 is 5.97 Å². The van der Waals surface area contributed by atoms with Gasteiger partial charge in [0.05, 0.1) is 17.7 Å². The van der Waals surface area contributed by atoms with Crippen LogP contribution in [0.15, 0.2) is 84.9 Å². The minimum atomic E-state index is -1.11. The van der Waals surface area contributed by atoms with Crippen LogP contribution in [0.5, 0.6) is 5.75 Å². The molecule has 0 aliphatic heterocycles. The van der Waals surface area contributed by atoms with Gasteiger partial charge in [-0.1, -0.05) is 72.8 Å². The van der Waals surface area contributed by atoms with Crippen LogP contribution in [0, 0.1) is 18.3 Å². The number of aryl methyl sites for hydroxylation is 2. The van der Waals surface area contributed by atoms with Crippen LogP contribution < -0.4 is 4.74 Å². The van der Waals surface area contributed by atoms with Crippen molar-refractivity contribution in [2.24, 2.45) is 0 Å². The fourth-order valence-corrected chi connectivity index (χ4v) is 4.79. The first kappa shape index (κ1) is 22.2. The predicted molar refractivity (Wildman–Crippen MR) is 138 cm³/mol. The van der Waals surface area contributed by atoms with Crippen LogP contribution >= 0.6 is 0 Å². The summed E-state index contributed by atoms with van der Waals surface area (Å²) in [5, 5.41) is 22.9. The van der Waals surface area contributed by atoms with Gasteiger partial charge in [-0.25, -0.2) is 4.79 Å². The lowest BCUT2D eigenvalue weighted by molar-refractivity contribution is 0.0684. The summed E-state index contributed by atoms with van der Waals surface area (Å²) >= 11 is 0. The summed E-state index contributed by atoms with van der Waals surface area (Å²) in [4.78, 5) is 12.3. The van der Waals surface area contributed by atoms with Gasteiger partial charge in [-0.15, -0.1) is 0 Å². The predicted octanol–water partition coefficient (Wildman–Crippen LogP) is 6.81. The highest BCUT2D eigenvalue weighted by atomic mass is 16.5. The summed E-state index contributed by atoms with van der Waals surface area (Å²) in [6.07, 6.45) is 0.590. The Morgan fingerprint density at radius 3 is 2.46 bits per heavy atom. The van der Waals surface area contributed by atoms with Gasteiger partial charge in [0, 0.05) is 17.3 Å². The largest absolute Gasteiger partial charge is 0.493 e. The second kappa shape index (κ2) is 9.36. The highest BCUT2D eigenvalue weighted by Crippen LogP contribution is 2.36. The fourth-order valence-electron chi connectivity index (χ4n) is 4.79. The first-order valence-corrected chi connectivity index (χ1v) is 11.6. The summed E-state index contributed by atoms with van der Waals surface area (Å²) < 4.78 is 7.81. The summed E-state index contributed by atoms with van der Waals surface area (Å²) in [5.41, 5.74) is 3.88. The van der Waals surface area contributed by atoms with Gasteiger partial charge in [-0.2, -0.15) is 5.26 Å². The minimum Gasteiger partial charge on any atom is -0.493 e. The van der Waals surface area contributed by atoms with Crippen LogP contribution in [0.3, 0.4) is 0 Å². The molecule has 35 heavy (non-hydrogen) atoms. The first-order valence-electron chi connectivity index (χ1n) is 11.6. The molecule has 0 saturated carbocycles. The van der Waals surface area contributed by atoms with Crippen molar-refractivity contribution in [3.8, 4) is 22.9 Å². The number of nitrogens with zero attached hydrogens (tertiary/aromatic N) is 2. The van der Waals surface area contributed by atoms with Gasteiger partial charge in [-0.3, -0.25) is 0 Å². The highest BCUT2D eigenvalue weighted by molar-refractivity contribution is 6.06. The molecule has 0 amide bonds. The van der Waals surface area contributed by atoms with E-state index in [4.69, 9.17) is 4.74 Å². The second-order valence-corrected chi connectivity index (χ2v) is 8.49. The number of carbonyl (C=O) groups is 1. The van der Waals surface area contributed by atoms with Gasteiger partial charge in [0.25, 0.3) is 0 Å². The third kappa shape index (κ3) is 4.00. The molecular formula is C30H24N2O3. The number of carboxylic acids is 1. The van der Waals surface area contributed by atoms with E-state index >= 15 is 0 Å². The second-order valence-electron chi connectivity index (χ2n) is 8.49. The Morgan fingerprint density at radius 1 is 0.943 bits per heavy atom. The van der Waals surface area contributed by atoms with Crippen molar-refractivity contribution >= 4 is 27.6 Å². The zero-order valence-corrected chi connectivity index (χ0v) is 19.4. The normalized spacial score (nSPS) is 11.0. The fraction of sp³-hybridized carbons (Fsp3) is 0.133. The van der Waals surface area contributed by atoms with Crippen molar-refractivity contribution in [3.05, 3.63) is 102 Å². The van der Waals surface area contributed by atoms with Crippen LogP contribution in [-0.4, -0.2) is 22.2 Å². The van der Waals surface area contributed by atoms with Gasteiger partial charge in [0.1, 0.15) is 17.5 Å². The number of ether oxygens (including phenoxy) is 1. The van der Waals surface area contributed by atoms with Crippen molar-refractivity contribution in [2.45, 2.75) is 19.9 Å². The molecule has 172 valence electrons. The Labute approximate surface area is 203 Å². The molecule has 5 rings (SSSR count). The molecule has 0 aliphatic rings. The zero-order chi connectivity index (χ0) is 24.4. The molecule has 0 aliphatic carbocycles. The average molecular weight is 461 g/mol. The Hall–Kier alpha value is -4.56. The number of fused-ring (bicyclic) bond motifs is 2. The molecule has 0 saturated heterocycles. The van der Waals surface area contributed by atoms with Crippen LogP contribution in [0.1, 0.15) is 28.0 Å². The summed E-state index contributed by atoms with van der Waals surface area (Å²) in [5.74, 6) is -0.304. The maximum atomic E-state index is 12.3. The molecule has 0 unspecified atom stereocenters. The Bertz CT molecular complexity index is 1600. The van der Waals surface area contributed by atoms with Crippen LogP contribution in [0.2, 0.25) is 0 Å². The summed E-state index contributed by atoms with van der Waals surface area (Å²) in [7, 11) is 0. The smallest absolute Gasteiger partial charge is 0.353 e. The molecule has 0 bridgehead atoms. The molecule has 5 nitrogen and oxygen atoms in total. The van der Waals surface area contributed by atoms with E-state index in [1.165, 1.54) is 0 Å². The monoisotopic (exact) mass is 460 g/mol. The summed E-state index contributed by atoms with van der Waals surface area (Å²) in [6.45, 7) is 2.86. The number of rotatable bonds is 7. The average Bonchev–Trinajstić information content (AvgIpc) is 3.21. The van der Waals surface area contributed by atoms with Gasteiger partial charge in [0.2, 0.25) is 0 Å². The molecule has 0 spiro atoms.